The Balaban J connectivity index is 1.78. The van der Waals surface area contributed by atoms with Crippen LogP contribution in [-0.4, -0.2) is 18.7 Å². The van der Waals surface area contributed by atoms with Crippen LogP contribution in [0, 0.1) is 5.82 Å². The molecule has 1 heterocycles. The minimum atomic E-state index is -3.61. The highest BCUT2D eigenvalue weighted by Crippen LogP contribution is 2.37. The summed E-state index contributed by atoms with van der Waals surface area (Å²) in [6.45, 7) is 0.179. The van der Waals surface area contributed by atoms with Gasteiger partial charge in [-0.3, -0.25) is 4.98 Å². The van der Waals surface area contributed by atoms with Crippen molar-refractivity contribution in [1.29, 1.82) is 0 Å². The van der Waals surface area contributed by atoms with E-state index in [9.17, 15) is 12.8 Å². The number of ether oxygens (including phenoxy) is 1. The highest BCUT2D eigenvalue weighted by molar-refractivity contribution is 7.92. The fraction of sp³-hybridized carbons (Fsp3) is 0.286. The van der Waals surface area contributed by atoms with Gasteiger partial charge in [-0.05, 0) is 36.6 Å². The lowest BCUT2D eigenvalue weighted by Crippen LogP contribution is -2.18. The molecule has 0 spiro atoms. The molecule has 3 aromatic rings. The van der Waals surface area contributed by atoms with Crippen LogP contribution in [0.15, 0.2) is 59.6 Å². The largest absolute Gasteiger partial charge is 0.484 e. The Labute approximate surface area is 157 Å². The van der Waals surface area contributed by atoms with Crippen LogP contribution >= 0.6 is 0 Å². The van der Waals surface area contributed by atoms with Crippen LogP contribution in [0.4, 0.5) is 4.39 Å². The number of benzene rings is 2. The molecule has 140 valence electrons. The molecule has 0 aliphatic heterocycles. The smallest absolute Gasteiger partial charge is 0.182 e. The van der Waals surface area contributed by atoms with Gasteiger partial charge in [0.05, 0.1) is 10.1 Å². The van der Waals surface area contributed by atoms with Gasteiger partial charge in [-0.15, -0.1) is 0 Å². The van der Waals surface area contributed by atoms with Gasteiger partial charge in [-0.2, -0.15) is 0 Å². The Bertz CT molecular complexity index is 1060. The molecule has 4 nitrogen and oxygen atoms in total. The summed E-state index contributed by atoms with van der Waals surface area (Å²) in [5.74, 6) is -0.714. The molecule has 0 atom stereocenters. The molecule has 2 aromatic carbocycles. The topological polar surface area (TPSA) is 56.3 Å². The first-order chi connectivity index (χ1) is 13.1. The quantitative estimate of drug-likeness (QED) is 0.640. The third-order valence-corrected chi connectivity index (χ3v) is 7.34. The monoisotopic (exact) mass is 385 g/mol. The summed E-state index contributed by atoms with van der Waals surface area (Å²) in [7, 11) is -3.61. The SMILES string of the molecule is O=S(=O)(c1cc(F)c(OCc2ccccc2)c2ncccc12)C1CCCC1. The first-order valence-corrected chi connectivity index (χ1v) is 10.6. The van der Waals surface area contributed by atoms with Crippen LogP contribution in [0.1, 0.15) is 31.2 Å². The average Bonchev–Trinajstić information content (AvgIpc) is 3.23. The van der Waals surface area contributed by atoms with Crippen LogP contribution in [0.25, 0.3) is 10.9 Å². The second kappa shape index (κ2) is 7.27. The van der Waals surface area contributed by atoms with Crippen molar-refractivity contribution in [3.05, 3.63) is 66.1 Å². The van der Waals surface area contributed by atoms with E-state index in [1.807, 2.05) is 30.3 Å². The van der Waals surface area contributed by atoms with Gasteiger partial charge in [-0.1, -0.05) is 43.2 Å². The second-order valence-corrected chi connectivity index (χ2v) is 9.01. The van der Waals surface area contributed by atoms with Gasteiger partial charge >= 0.3 is 0 Å². The van der Waals surface area contributed by atoms with Gasteiger partial charge in [0.2, 0.25) is 0 Å². The zero-order valence-corrected chi connectivity index (χ0v) is 15.6. The van der Waals surface area contributed by atoms with Gasteiger partial charge in [0.1, 0.15) is 12.1 Å². The standard InChI is InChI=1S/C21H20FNO3S/c22-18-13-19(27(24,25)16-9-4-5-10-16)17-11-6-12-23-20(17)21(18)26-14-15-7-2-1-3-8-15/h1-3,6-8,11-13,16H,4-5,9-10,14H2. The van der Waals surface area contributed by atoms with Crippen LogP contribution < -0.4 is 4.74 Å². The molecule has 1 aliphatic carbocycles. The van der Waals surface area contributed by atoms with E-state index in [2.05, 4.69) is 4.98 Å². The normalized spacial score (nSPS) is 15.3. The van der Waals surface area contributed by atoms with Gasteiger partial charge in [0, 0.05) is 11.6 Å². The molecular formula is C21H20FNO3S. The van der Waals surface area contributed by atoms with E-state index in [4.69, 9.17) is 4.74 Å². The summed E-state index contributed by atoms with van der Waals surface area (Å²) in [6.07, 6.45) is 4.54. The number of pyridine rings is 1. The molecule has 6 heteroatoms. The number of rotatable bonds is 5. The van der Waals surface area contributed by atoms with Crippen LogP contribution in [0.2, 0.25) is 0 Å². The number of hydrogen-bond donors (Lipinski definition) is 0. The van der Waals surface area contributed by atoms with Crippen molar-refractivity contribution in [2.24, 2.45) is 0 Å². The minimum Gasteiger partial charge on any atom is -0.484 e. The van der Waals surface area contributed by atoms with E-state index in [1.165, 1.54) is 6.20 Å². The van der Waals surface area contributed by atoms with E-state index in [-0.39, 0.29) is 22.8 Å². The molecule has 0 saturated heterocycles. The van der Waals surface area contributed by atoms with E-state index in [1.54, 1.807) is 12.1 Å². The number of nitrogens with zero attached hydrogens (tertiary/aromatic N) is 1. The molecule has 0 N–H and O–H groups in total. The number of fused-ring (bicyclic) bond motifs is 1. The third-order valence-electron chi connectivity index (χ3n) is 5.04. The van der Waals surface area contributed by atoms with Crippen molar-refractivity contribution in [2.75, 3.05) is 0 Å². The van der Waals surface area contributed by atoms with E-state index < -0.39 is 20.9 Å². The maximum Gasteiger partial charge on any atom is 0.182 e. The molecule has 1 fully saturated rings. The fourth-order valence-corrected chi connectivity index (χ4v) is 5.69. The fourth-order valence-electron chi connectivity index (χ4n) is 3.64. The molecular weight excluding hydrogens is 365 g/mol. The van der Waals surface area contributed by atoms with E-state index >= 15 is 0 Å². The molecule has 27 heavy (non-hydrogen) atoms. The Morgan fingerprint density at radius 2 is 1.81 bits per heavy atom. The average molecular weight is 385 g/mol. The van der Waals surface area contributed by atoms with Crippen molar-refractivity contribution in [2.45, 2.75) is 42.4 Å². The molecule has 1 aliphatic rings. The lowest BCUT2D eigenvalue weighted by Gasteiger charge is -2.16. The maximum absolute atomic E-state index is 14.9. The molecule has 0 amide bonds. The Kier molecular flexibility index (Phi) is 4.83. The first kappa shape index (κ1) is 17.9. The van der Waals surface area contributed by atoms with Gasteiger partial charge in [0.15, 0.2) is 21.4 Å². The molecule has 0 radical (unpaired) electrons. The minimum absolute atomic E-state index is 0.0141. The maximum atomic E-state index is 14.9. The van der Waals surface area contributed by atoms with Crippen molar-refractivity contribution in [3.63, 3.8) is 0 Å². The molecule has 0 unspecified atom stereocenters. The predicted octanol–water partition coefficient (Wildman–Crippen LogP) is 4.67. The molecule has 1 saturated carbocycles. The lowest BCUT2D eigenvalue weighted by atomic mass is 10.2. The van der Waals surface area contributed by atoms with E-state index in [0.717, 1.165) is 24.5 Å². The zero-order valence-electron chi connectivity index (χ0n) is 14.8. The van der Waals surface area contributed by atoms with E-state index in [0.29, 0.717) is 18.2 Å². The summed E-state index contributed by atoms with van der Waals surface area (Å²) in [4.78, 5) is 4.24. The summed E-state index contributed by atoms with van der Waals surface area (Å²) in [5, 5.41) is -0.0368. The summed E-state index contributed by atoms with van der Waals surface area (Å²) < 4.78 is 46.7. The molecule has 1 aromatic heterocycles. The molecule has 0 bridgehead atoms. The van der Waals surface area contributed by atoms with Crippen LogP contribution in [0.3, 0.4) is 0 Å². The number of aromatic nitrogens is 1. The van der Waals surface area contributed by atoms with Crippen LogP contribution in [-0.2, 0) is 16.4 Å². The summed E-state index contributed by atoms with van der Waals surface area (Å²) >= 11 is 0. The van der Waals surface area contributed by atoms with Crippen LogP contribution in [0.5, 0.6) is 5.75 Å². The highest BCUT2D eigenvalue weighted by Gasteiger charge is 2.33. The zero-order chi connectivity index (χ0) is 18.9. The molecule has 4 rings (SSSR count). The van der Waals surface area contributed by atoms with Gasteiger partial charge in [-0.25, -0.2) is 12.8 Å². The van der Waals surface area contributed by atoms with Gasteiger partial charge < -0.3 is 4.74 Å². The van der Waals surface area contributed by atoms with Crippen molar-refractivity contribution in [1.82, 2.24) is 4.98 Å². The predicted molar refractivity (Wildman–Crippen MR) is 102 cm³/mol. The lowest BCUT2D eigenvalue weighted by molar-refractivity contribution is 0.293. The number of halogens is 1. The Morgan fingerprint density at radius 3 is 2.56 bits per heavy atom. The Hall–Kier alpha value is -2.47. The number of sulfone groups is 1. The Morgan fingerprint density at radius 1 is 1.07 bits per heavy atom. The first-order valence-electron chi connectivity index (χ1n) is 9.05. The van der Waals surface area contributed by atoms with Crippen molar-refractivity contribution in [3.8, 4) is 5.75 Å². The third kappa shape index (κ3) is 3.41. The van der Waals surface area contributed by atoms with Crippen molar-refractivity contribution >= 4 is 20.7 Å². The summed E-state index contributed by atoms with van der Waals surface area (Å²) in [5.41, 5.74) is 1.13. The van der Waals surface area contributed by atoms with Crippen molar-refractivity contribution < 1.29 is 17.5 Å². The van der Waals surface area contributed by atoms with Gasteiger partial charge in [0.25, 0.3) is 0 Å². The second-order valence-electron chi connectivity index (χ2n) is 6.81. The highest BCUT2D eigenvalue weighted by atomic mass is 32.2. The number of hydrogen-bond acceptors (Lipinski definition) is 4. The summed E-state index contributed by atoms with van der Waals surface area (Å²) in [6, 6.07) is 13.8.